The molecule has 1 aliphatic carbocycles. The van der Waals surface area contributed by atoms with Crippen molar-refractivity contribution in [1.29, 1.82) is 0 Å². The maximum absolute atomic E-state index is 12.2. The molecule has 1 saturated carbocycles. The van der Waals surface area contributed by atoms with E-state index < -0.39 is 0 Å². The first kappa shape index (κ1) is 14.1. The van der Waals surface area contributed by atoms with Gasteiger partial charge in [-0.25, -0.2) is 4.98 Å². The summed E-state index contributed by atoms with van der Waals surface area (Å²) in [5.41, 5.74) is -0.0314. The van der Waals surface area contributed by atoms with E-state index in [4.69, 9.17) is 4.74 Å². The van der Waals surface area contributed by atoms with Crippen molar-refractivity contribution in [3.63, 3.8) is 0 Å². The molecule has 1 aromatic heterocycles. The van der Waals surface area contributed by atoms with Crippen LogP contribution in [0, 0.1) is 5.92 Å². The third kappa shape index (κ3) is 3.56. The summed E-state index contributed by atoms with van der Waals surface area (Å²) >= 11 is 0. The van der Waals surface area contributed by atoms with Gasteiger partial charge in [0.25, 0.3) is 5.56 Å². The number of hydrogen-bond acceptors (Lipinski definition) is 4. The Balaban J connectivity index is 1.96. The van der Waals surface area contributed by atoms with Gasteiger partial charge in [-0.3, -0.25) is 4.79 Å². The van der Waals surface area contributed by atoms with Gasteiger partial charge in [0, 0.05) is 31.6 Å². The van der Waals surface area contributed by atoms with Gasteiger partial charge >= 0.3 is 0 Å². The molecule has 0 saturated heterocycles. The molecule has 0 aliphatic heterocycles. The van der Waals surface area contributed by atoms with Gasteiger partial charge in [0.1, 0.15) is 0 Å². The Morgan fingerprint density at radius 1 is 1.53 bits per heavy atom. The molecule has 0 aromatic carbocycles. The topological polar surface area (TPSA) is 56.1 Å². The Morgan fingerprint density at radius 3 is 2.89 bits per heavy atom. The number of rotatable bonds is 6. The number of hydrogen-bond donors (Lipinski definition) is 1. The lowest BCUT2D eigenvalue weighted by Gasteiger charge is -2.35. The fourth-order valence-electron chi connectivity index (χ4n) is 2.33. The molecule has 1 aromatic rings. The Labute approximate surface area is 114 Å². The molecule has 0 atom stereocenters. The van der Waals surface area contributed by atoms with Crippen LogP contribution in [0.25, 0.3) is 0 Å². The minimum Gasteiger partial charge on any atom is -0.378 e. The third-order valence-electron chi connectivity index (χ3n) is 3.31. The van der Waals surface area contributed by atoms with Crippen molar-refractivity contribution in [2.24, 2.45) is 5.92 Å². The normalized spacial score (nSPS) is 22.3. The summed E-state index contributed by atoms with van der Waals surface area (Å²) in [6, 6.07) is 0.312. The minimum atomic E-state index is -0.0314. The van der Waals surface area contributed by atoms with E-state index in [0.29, 0.717) is 23.9 Å². The highest BCUT2D eigenvalue weighted by Crippen LogP contribution is 2.25. The van der Waals surface area contributed by atoms with Crippen molar-refractivity contribution < 1.29 is 4.74 Å². The molecule has 106 valence electrons. The summed E-state index contributed by atoms with van der Waals surface area (Å²) in [4.78, 5) is 16.3. The van der Waals surface area contributed by atoms with E-state index >= 15 is 0 Å². The van der Waals surface area contributed by atoms with Crippen LogP contribution in [0.2, 0.25) is 0 Å². The first-order chi connectivity index (χ1) is 9.10. The van der Waals surface area contributed by atoms with Gasteiger partial charge in [0.15, 0.2) is 5.82 Å². The Bertz CT molecular complexity index is 464. The van der Waals surface area contributed by atoms with Gasteiger partial charge in [-0.1, -0.05) is 13.8 Å². The maximum atomic E-state index is 12.2. The quantitative estimate of drug-likeness (QED) is 0.853. The highest BCUT2D eigenvalue weighted by molar-refractivity contribution is 5.33. The highest BCUT2D eigenvalue weighted by atomic mass is 16.5. The Hall–Kier alpha value is -1.36. The van der Waals surface area contributed by atoms with Gasteiger partial charge in [-0.05, 0) is 25.7 Å². The first-order valence-corrected chi connectivity index (χ1v) is 7.03. The minimum absolute atomic E-state index is 0.0314. The van der Waals surface area contributed by atoms with Gasteiger partial charge in [0.2, 0.25) is 0 Å². The molecule has 2 rings (SSSR count). The predicted octanol–water partition coefficient (Wildman–Crippen LogP) is 1.88. The van der Waals surface area contributed by atoms with E-state index in [-0.39, 0.29) is 5.56 Å². The van der Waals surface area contributed by atoms with E-state index in [9.17, 15) is 4.79 Å². The molecule has 0 unspecified atom stereocenters. The SMILES string of the molecule is CCOC1CC(Nc2nccn(CC(C)C)c2=O)C1. The zero-order valence-corrected chi connectivity index (χ0v) is 11.9. The van der Waals surface area contributed by atoms with Crippen LogP contribution in [0.3, 0.4) is 0 Å². The highest BCUT2D eigenvalue weighted by Gasteiger charge is 2.30. The van der Waals surface area contributed by atoms with Crippen molar-refractivity contribution in [3.8, 4) is 0 Å². The van der Waals surface area contributed by atoms with Crippen LogP contribution in [-0.4, -0.2) is 28.3 Å². The summed E-state index contributed by atoms with van der Waals surface area (Å²) in [6.45, 7) is 7.67. The standard InChI is InChI=1S/C14H23N3O2/c1-4-19-12-7-11(8-12)16-13-14(18)17(6-5-15-13)9-10(2)3/h5-6,10-12H,4,7-9H2,1-3H3,(H,15,16). The molecular weight excluding hydrogens is 242 g/mol. The molecule has 5 heteroatoms. The molecule has 1 fully saturated rings. The number of ether oxygens (including phenoxy) is 1. The van der Waals surface area contributed by atoms with Gasteiger partial charge < -0.3 is 14.6 Å². The Kier molecular flexibility index (Phi) is 4.58. The number of anilines is 1. The maximum Gasteiger partial charge on any atom is 0.293 e. The van der Waals surface area contributed by atoms with Gasteiger partial charge in [0.05, 0.1) is 6.10 Å². The van der Waals surface area contributed by atoms with Crippen molar-refractivity contribution in [2.45, 2.75) is 52.3 Å². The molecular formula is C14H23N3O2. The lowest BCUT2D eigenvalue weighted by molar-refractivity contribution is 0.00289. The fraction of sp³-hybridized carbons (Fsp3) is 0.714. The van der Waals surface area contributed by atoms with Crippen molar-refractivity contribution in [2.75, 3.05) is 11.9 Å². The van der Waals surface area contributed by atoms with Crippen molar-refractivity contribution in [3.05, 3.63) is 22.7 Å². The molecule has 0 radical (unpaired) electrons. The second-order valence-electron chi connectivity index (χ2n) is 5.52. The van der Waals surface area contributed by atoms with E-state index in [0.717, 1.165) is 26.0 Å². The molecule has 0 bridgehead atoms. The average molecular weight is 265 g/mol. The van der Waals surface area contributed by atoms with Crippen LogP contribution in [0.5, 0.6) is 0 Å². The summed E-state index contributed by atoms with van der Waals surface area (Å²) in [5.74, 6) is 0.905. The summed E-state index contributed by atoms with van der Waals surface area (Å²) < 4.78 is 7.23. The lowest BCUT2D eigenvalue weighted by atomic mass is 9.89. The Morgan fingerprint density at radius 2 is 2.26 bits per heavy atom. The van der Waals surface area contributed by atoms with Crippen LogP contribution < -0.4 is 10.9 Å². The molecule has 19 heavy (non-hydrogen) atoms. The van der Waals surface area contributed by atoms with Crippen molar-refractivity contribution in [1.82, 2.24) is 9.55 Å². The predicted molar refractivity (Wildman–Crippen MR) is 75.4 cm³/mol. The molecule has 1 aliphatic rings. The summed E-state index contributed by atoms with van der Waals surface area (Å²) in [6.07, 6.45) is 5.67. The monoisotopic (exact) mass is 265 g/mol. The number of nitrogens with zero attached hydrogens (tertiary/aromatic N) is 2. The first-order valence-electron chi connectivity index (χ1n) is 7.03. The van der Waals surface area contributed by atoms with Gasteiger partial charge in [-0.15, -0.1) is 0 Å². The molecule has 0 amide bonds. The van der Waals surface area contributed by atoms with Crippen molar-refractivity contribution >= 4 is 5.82 Å². The second-order valence-corrected chi connectivity index (χ2v) is 5.52. The van der Waals surface area contributed by atoms with E-state index in [1.54, 1.807) is 17.0 Å². The molecule has 5 nitrogen and oxygen atoms in total. The zero-order chi connectivity index (χ0) is 13.8. The smallest absolute Gasteiger partial charge is 0.293 e. The van der Waals surface area contributed by atoms with Crippen LogP contribution in [-0.2, 0) is 11.3 Å². The fourth-order valence-corrected chi connectivity index (χ4v) is 2.33. The largest absolute Gasteiger partial charge is 0.378 e. The number of nitrogens with one attached hydrogen (secondary N) is 1. The average Bonchev–Trinajstić information content (AvgIpc) is 2.30. The lowest BCUT2D eigenvalue weighted by Crippen LogP contribution is -2.42. The third-order valence-corrected chi connectivity index (χ3v) is 3.31. The summed E-state index contributed by atoms with van der Waals surface area (Å²) in [5, 5.41) is 3.22. The molecule has 1 N–H and O–H groups in total. The molecule has 1 heterocycles. The second kappa shape index (κ2) is 6.19. The number of aromatic nitrogens is 2. The summed E-state index contributed by atoms with van der Waals surface area (Å²) in [7, 11) is 0. The van der Waals surface area contributed by atoms with E-state index in [1.807, 2.05) is 6.92 Å². The van der Waals surface area contributed by atoms with Crippen LogP contribution in [0.15, 0.2) is 17.2 Å². The van der Waals surface area contributed by atoms with Gasteiger partial charge in [-0.2, -0.15) is 0 Å². The van der Waals surface area contributed by atoms with E-state index in [2.05, 4.69) is 24.1 Å². The van der Waals surface area contributed by atoms with Crippen LogP contribution >= 0.6 is 0 Å². The zero-order valence-electron chi connectivity index (χ0n) is 11.9. The molecule has 0 spiro atoms. The van der Waals surface area contributed by atoms with Crippen LogP contribution in [0.4, 0.5) is 5.82 Å². The van der Waals surface area contributed by atoms with E-state index in [1.165, 1.54) is 0 Å². The van der Waals surface area contributed by atoms with Crippen LogP contribution in [0.1, 0.15) is 33.6 Å².